The van der Waals surface area contributed by atoms with Crippen molar-refractivity contribution in [3.05, 3.63) is 59.9 Å². The number of esters is 1. The van der Waals surface area contributed by atoms with Crippen molar-refractivity contribution in [2.75, 3.05) is 0 Å². The van der Waals surface area contributed by atoms with E-state index in [-0.39, 0.29) is 29.8 Å². The van der Waals surface area contributed by atoms with E-state index >= 15 is 0 Å². The fourth-order valence-electron chi connectivity index (χ4n) is 5.08. The zero-order chi connectivity index (χ0) is 22.3. The molecule has 1 aromatic carbocycles. The maximum atomic E-state index is 13.0. The number of benzene rings is 1. The molecule has 6 heteroatoms. The van der Waals surface area contributed by atoms with Gasteiger partial charge in [-0.3, -0.25) is 9.78 Å². The SMILES string of the molecule is C[C@H]1[C@H](C=Cc2ccc(-c3cccc(C(F)(F)F)c3)cn2)[C@@H]2[C@@H](C)OC(=O)[C@@H]2C[C@@H]1C. The smallest absolute Gasteiger partial charge is 0.416 e. The molecule has 0 radical (unpaired) electrons. The summed E-state index contributed by atoms with van der Waals surface area (Å²) >= 11 is 0. The Morgan fingerprint density at radius 3 is 2.55 bits per heavy atom. The molecule has 2 aliphatic rings. The molecular formula is C25H26F3NO2. The van der Waals surface area contributed by atoms with Crippen molar-refractivity contribution in [2.45, 2.75) is 39.5 Å². The number of hydrogen-bond acceptors (Lipinski definition) is 3. The molecule has 2 fully saturated rings. The van der Waals surface area contributed by atoms with Crippen molar-refractivity contribution in [1.82, 2.24) is 4.98 Å². The molecule has 1 aromatic heterocycles. The van der Waals surface area contributed by atoms with E-state index in [1.165, 1.54) is 6.07 Å². The highest BCUT2D eigenvalue weighted by atomic mass is 19.4. The summed E-state index contributed by atoms with van der Waals surface area (Å²) in [5.74, 6) is 1.08. The number of rotatable bonds is 3. The van der Waals surface area contributed by atoms with Crippen molar-refractivity contribution in [1.29, 1.82) is 0 Å². The third kappa shape index (κ3) is 4.25. The number of nitrogens with zero attached hydrogens (tertiary/aromatic N) is 1. The molecule has 2 heterocycles. The standard InChI is InChI=1S/C25H26F3NO2/c1-14-11-22-23(16(3)31-24(22)30)21(15(14)2)10-9-20-8-7-18(13-29-20)17-5-4-6-19(12-17)25(26,27)28/h4-10,12-16,21-23H,11H2,1-3H3/t14-,15+,16+,21-,22+,23-/m0/s1. The Morgan fingerprint density at radius 1 is 1.10 bits per heavy atom. The number of pyridine rings is 1. The maximum Gasteiger partial charge on any atom is 0.416 e. The number of carbonyl (C=O) groups excluding carboxylic acids is 1. The number of alkyl halides is 3. The second kappa shape index (κ2) is 8.13. The molecule has 2 aromatic rings. The molecule has 0 unspecified atom stereocenters. The molecule has 31 heavy (non-hydrogen) atoms. The highest BCUT2D eigenvalue weighted by Crippen LogP contribution is 2.49. The number of ether oxygens (including phenoxy) is 1. The van der Waals surface area contributed by atoms with Crippen LogP contribution >= 0.6 is 0 Å². The summed E-state index contributed by atoms with van der Waals surface area (Å²) in [6.45, 7) is 6.36. The quantitative estimate of drug-likeness (QED) is 0.542. The Balaban J connectivity index is 1.54. The fourth-order valence-corrected chi connectivity index (χ4v) is 5.08. The second-order valence-electron chi connectivity index (χ2n) is 8.88. The lowest BCUT2D eigenvalue weighted by Crippen LogP contribution is -2.39. The van der Waals surface area contributed by atoms with E-state index in [1.54, 1.807) is 24.4 Å². The minimum Gasteiger partial charge on any atom is -0.462 e. The zero-order valence-corrected chi connectivity index (χ0v) is 17.8. The summed E-state index contributed by atoms with van der Waals surface area (Å²) in [6, 6.07) is 8.83. The van der Waals surface area contributed by atoms with E-state index < -0.39 is 11.7 Å². The Morgan fingerprint density at radius 2 is 1.87 bits per heavy atom. The molecule has 1 aliphatic heterocycles. The van der Waals surface area contributed by atoms with Gasteiger partial charge in [-0.25, -0.2) is 0 Å². The van der Waals surface area contributed by atoms with Gasteiger partial charge in [0.15, 0.2) is 0 Å². The number of allylic oxidation sites excluding steroid dienone is 1. The van der Waals surface area contributed by atoms with E-state index in [1.807, 2.05) is 13.0 Å². The van der Waals surface area contributed by atoms with E-state index in [9.17, 15) is 18.0 Å². The zero-order valence-electron chi connectivity index (χ0n) is 17.8. The third-order valence-corrected chi connectivity index (χ3v) is 6.99. The Kier molecular flexibility index (Phi) is 5.67. The van der Waals surface area contributed by atoms with Crippen LogP contribution in [0.1, 0.15) is 38.4 Å². The fraction of sp³-hybridized carbons (Fsp3) is 0.440. The molecule has 164 valence electrons. The lowest BCUT2D eigenvalue weighted by Gasteiger charge is -2.40. The molecule has 0 bridgehead atoms. The van der Waals surface area contributed by atoms with Gasteiger partial charge in [-0.1, -0.05) is 38.1 Å². The number of carbonyl (C=O) groups is 1. The molecule has 0 N–H and O–H groups in total. The van der Waals surface area contributed by atoms with Gasteiger partial charge in [0.2, 0.25) is 0 Å². The van der Waals surface area contributed by atoms with Gasteiger partial charge in [0.05, 0.1) is 17.2 Å². The number of fused-ring (bicyclic) bond motifs is 1. The van der Waals surface area contributed by atoms with Crippen LogP contribution in [-0.2, 0) is 15.7 Å². The molecule has 6 atom stereocenters. The first kappa shape index (κ1) is 21.6. The molecule has 1 saturated heterocycles. The topological polar surface area (TPSA) is 39.2 Å². The van der Waals surface area contributed by atoms with Crippen LogP contribution in [0.25, 0.3) is 17.2 Å². The molecular weight excluding hydrogens is 403 g/mol. The van der Waals surface area contributed by atoms with Crippen LogP contribution in [0.5, 0.6) is 0 Å². The van der Waals surface area contributed by atoms with Crippen molar-refractivity contribution in [3.63, 3.8) is 0 Å². The van der Waals surface area contributed by atoms with Gasteiger partial charge in [0.25, 0.3) is 0 Å². The summed E-state index contributed by atoms with van der Waals surface area (Å²) < 4.78 is 44.4. The molecule has 1 aliphatic carbocycles. The third-order valence-electron chi connectivity index (χ3n) is 6.99. The predicted octanol–water partition coefficient (Wildman–Crippen LogP) is 6.25. The highest BCUT2D eigenvalue weighted by molar-refractivity contribution is 5.75. The van der Waals surface area contributed by atoms with E-state index in [4.69, 9.17) is 4.74 Å². The Labute approximate surface area is 180 Å². The summed E-state index contributed by atoms with van der Waals surface area (Å²) in [5, 5.41) is 0. The van der Waals surface area contributed by atoms with Gasteiger partial charge in [0, 0.05) is 17.7 Å². The van der Waals surface area contributed by atoms with Crippen LogP contribution in [0, 0.1) is 29.6 Å². The predicted molar refractivity (Wildman–Crippen MR) is 113 cm³/mol. The average molecular weight is 429 g/mol. The lowest BCUT2D eigenvalue weighted by atomic mass is 9.62. The molecule has 0 spiro atoms. The van der Waals surface area contributed by atoms with Crippen LogP contribution in [-0.4, -0.2) is 17.1 Å². The summed E-state index contributed by atoms with van der Waals surface area (Å²) in [6.07, 6.45) is 2.06. The van der Waals surface area contributed by atoms with Crippen molar-refractivity contribution >= 4 is 12.0 Å². The normalized spacial score (nSPS) is 31.0. The Bertz CT molecular complexity index is 983. The van der Waals surface area contributed by atoms with Gasteiger partial charge in [-0.05, 0) is 60.9 Å². The molecule has 0 amide bonds. The monoisotopic (exact) mass is 429 g/mol. The van der Waals surface area contributed by atoms with Gasteiger partial charge < -0.3 is 4.74 Å². The molecule has 4 rings (SSSR count). The summed E-state index contributed by atoms with van der Waals surface area (Å²) in [5.41, 5.74) is 1.17. The van der Waals surface area contributed by atoms with E-state index in [0.717, 1.165) is 24.2 Å². The van der Waals surface area contributed by atoms with Crippen molar-refractivity contribution < 1.29 is 22.7 Å². The Hall–Kier alpha value is -2.63. The summed E-state index contributed by atoms with van der Waals surface area (Å²) in [4.78, 5) is 16.6. The van der Waals surface area contributed by atoms with Crippen LogP contribution in [0.4, 0.5) is 13.2 Å². The van der Waals surface area contributed by atoms with Gasteiger partial charge in [0.1, 0.15) is 6.10 Å². The maximum absolute atomic E-state index is 13.0. The first-order valence-corrected chi connectivity index (χ1v) is 10.7. The van der Waals surface area contributed by atoms with Crippen LogP contribution in [0.2, 0.25) is 0 Å². The van der Waals surface area contributed by atoms with E-state index in [2.05, 4.69) is 24.9 Å². The first-order chi connectivity index (χ1) is 14.6. The van der Waals surface area contributed by atoms with Gasteiger partial charge >= 0.3 is 12.1 Å². The van der Waals surface area contributed by atoms with Crippen LogP contribution in [0.15, 0.2) is 48.7 Å². The number of aromatic nitrogens is 1. The van der Waals surface area contributed by atoms with E-state index in [0.29, 0.717) is 23.0 Å². The number of hydrogen-bond donors (Lipinski definition) is 0. The van der Waals surface area contributed by atoms with Crippen LogP contribution in [0.3, 0.4) is 0 Å². The molecule has 3 nitrogen and oxygen atoms in total. The number of halogens is 3. The van der Waals surface area contributed by atoms with Gasteiger partial charge in [-0.2, -0.15) is 13.2 Å². The van der Waals surface area contributed by atoms with Crippen molar-refractivity contribution in [3.8, 4) is 11.1 Å². The minimum absolute atomic E-state index is 0.0490. The largest absolute Gasteiger partial charge is 0.462 e. The lowest BCUT2D eigenvalue weighted by molar-refractivity contribution is -0.144. The second-order valence-corrected chi connectivity index (χ2v) is 8.88. The van der Waals surface area contributed by atoms with Gasteiger partial charge in [-0.15, -0.1) is 0 Å². The number of cyclic esters (lactones) is 1. The highest BCUT2D eigenvalue weighted by Gasteiger charge is 2.51. The first-order valence-electron chi connectivity index (χ1n) is 10.7. The average Bonchev–Trinajstić information content (AvgIpc) is 3.01. The van der Waals surface area contributed by atoms with Crippen LogP contribution < -0.4 is 0 Å². The molecule has 1 saturated carbocycles. The summed E-state index contributed by atoms with van der Waals surface area (Å²) in [7, 11) is 0. The minimum atomic E-state index is -4.37. The van der Waals surface area contributed by atoms with Crippen molar-refractivity contribution in [2.24, 2.45) is 29.6 Å².